The fourth-order valence-corrected chi connectivity index (χ4v) is 2.93. The van der Waals surface area contributed by atoms with Crippen molar-refractivity contribution in [2.75, 3.05) is 0 Å². The second kappa shape index (κ2) is 7.31. The molecule has 0 bridgehead atoms. The van der Waals surface area contributed by atoms with E-state index in [0.29, 0.717) is 12.4 Å². The van der Waals surface area contributed by atoms with Crippen molar-refractivity contribution in [2.24, 2.45) is 0 Å². The Hall–Kier alpha value is -2.30. The second-order valence-electron chi connectivity index (χ2n) is 6.19. The first-order valence-corrected chi connectivity index (χ1v) is 8.18. The largest absolute Gasteiger partial charge is 0.474 e. The van der Waals surface area contributed by atoms with Crippen LogP contribution in [0, 0.1) is 6.92 Å². The summed E-state index contributed by atoms with van der Waals surface area (Å²) < 4.78 is 7.80. The summed E-state index contributed by atoms with van der Waals surface area (Å²) in [6.07, 6.45) is 9.62. The molecule has 0 aliphatic heterocycles. The number of amides is 1. The van der Waals surface area contributed by atoms with Crippen LogP contribution in [0.1, 0.15) is 31.2 Å². The van der Waals surface area contributed by atoms with Crippen LogP contribution in [0.25, 0.3) is 0 Å². The number of hydrogen-bond acceptors (Lipinski definition) is 3. The molecule has 1 saturated carbocycles. The average molecular weight is 313 g/mol. The number of pyridine rings is 1. The van der Waals surface area contributed by atoms with E-state index < -0.39 is 0 Å². The Morgan fingerprint density at radius 1 is 1.26 bits per heavy atom. The van der Waals surface area contributed by atoms with Crippen LogP contribution in [0.15, 0.2) is 42.9 Å². The third-order valence-electron chi connectivity index (χ3n) is 4.20. The minimum absolute atomic E-state index is 0.0748. The monoisotopic (exact) mass is 313 g/mol. The number of ether oxygens (including phenoxy) is 1. The van der Waals surface area contributed by atoms with Crippen LogP contribution >= 0.6 is 0 Å². The second-order valence-corrected chi connectivity index (χ2v) is 6.19. The van der Waals surface area contributed by atoms with Gasteiger partial charge in [0.05, 0.1) is 0 Å². The van der Waals surface area contributed by atoms with Crippen molar-refractivity contribution in [3.8, 4) is 5.88 Å². The Kier molecular flexibility index (Phi) is 4.95. The maximum absolute atomic E-state index is 12.0. The molecule has 1 aliphatic rings. The van der Waals surface area contributed by atoms with Crippen LogP contribution in [0.4, 0.5) is 0 Å². The van der Waals surface area contributed by atoms with Crippen LogP contribution in [0.3, 0.4) is 0 Å². The first-order chi connectivity index (χ1) is 11.2. The number of rotatable bonds is 5. The van der Waals surface area contributed by atoms with Crippen molar-refractivity contribution < 1.29 is 9.53 Å². The highest BCUT2D eigenvalue weighted by molar-refractivity contribution is 5.76. The third kappa shape index (κ3) is 4.58. The molecule has 1 N–H and O–H groups in total. The van der Waals surface area contributed by atoms with Crippen LogP contribution in [-0.2, 0) is 11.3 Å². The van der Waals surface area contributed by atoms with Crippen LogP contribution in [-0.4, -0.2) is 27.6 Å². The molecule has 5 nitrogen and oxygen atoms in total. The van der Waals surface area contributed by atoms with Gasteiger partial charge in [0.15, 0.2) is 0 Å². The molecule has 2 aromatic rings. The van der Waals surface area contributed by atoms with Gasteiger partial charge in [-0.15, -0.1) is 0 Å². The lowest BCUT2D eigenvalue weighted by Gasteiger charge is -2.29. The van der Waals surface area contributed by atoms with Crippen molar-refractivity contribution >= 4 is 5.91 Å². The van der Waals surface area contributed by atoms with E-state index in [9.17, 15) is 4.79 Å². The van der Waals surface area contributed by atoms with Crippen molar-refractivity contribution in [2.45, 2.75) is 51.3 Å². The molecular weight excluding hydrogens is 290 g/mol. The van der Waals surface area contributed by atoms with Gasteiger partial charge >= 0.3 is 0 Å². The van der Waals surface area contributed by atoms with E-state index >= 15 is 0 Å². The maximum atomic E-state index is 12.0. The van der Waals surface area contributed by atoms with E-state index in [4.69, 9.17) is 4.74 Å². The molecule has 0 spiro atoms. The molecule has 2 aromatic heterocycles. The van der Waals surface area contributed by atoms with Crippen molar-refractivity contribution in [3.63, 3.8) is 0 Å². The summed E-state index contributed by atoms with van der Waals surface area (Å²) in [6.45, 7) is 2.40. The molecule has 3 rings (SSSR count). The van der Waals surface area contributed by atoms with Gasteiger partial charge in [0, 0.05) is 30.7 Å². The summed E-state index contributed by atoms with van der Waals surface area (Å²) in [5.41, 5.74) is 1.13. The van der Waals surface area contributed by atoms with Gasteiger partial charge < -0.3 is 14.6 Å². The number of nitrogens with one attached hydrogen (secondary N) is 1. The minimum Gasteiger partial charge on any atom is -0.474 e. The number of aromatic nitrogens is 2. The van der Waals surface area contributed by atoms with Crippen molar-refractivity contribution in [3.05, 3.63) is 48.4 Å². The first-order valence-electron chi connectivity index (χ1n) is 8.18. The van der Waals surface area contributed by atoms with E-state index in [-0.39, 0.29) is 18.1 Å². The molecule has 5 heteroatoms. The number of carbonyl (C=O) groups excluding carboxylic acids is 1. The lowest BCUT2D eigenvalue weighted by Crippen LogP contribution is -2.41. The molecule has 0 radical (unpaired) electrons. The molecule has 0 atom stereocenters. The quantitative estimate of drug-likeness (QED) is 0.923. The summed E-state index contributed by atoms with van der Waals surface area (Å²) in [5.74, 6) is 0.765. The van der Waals surface area contributed by atoms with Gasteiger partial charge in [-0.2, -0.15) is 0 Å². The topological polar surface area (TPSA) is 56.1 Å². The van der Waals surface area contributed by atoms with E-state index in [1.165, 1.54) is 0 Å². The summed E-state index contributed by atoms with van der Waals surface area (Å²) in [5, 5.41) is 3.12. The Labute approximate surface area is 136 Å². The standard InChI is InChI=1S/C18H23N3O2/c1-14-4-9-18(19-12-14)23-16-7-5-15(6-8-16)20-17(22)13-21-10-2-3-11-21/h2-4,9-12,15-16H,5-8,13H2,1H3,(H,20,22). The highest BCUT2D eigenvalue weighted by atomic mass is 16.5. The van der Waals surface area contributed by atoms with Crippen LogP contribution in [0.2, 0.25) is 0 Å². The zero-order chi connectivity index (χ0) is 16.1. The molecule has 0 aromatic carbocycles. The number of aryl methyl sites for hydroxylation is 1. The van der Waals surface area contributed by atoms with Gasteiger partial charge in [-0.25, -0.2) is 4.98 Å². The van der Waals surface area contributed by atoms with Gasteiger partial charge in [0.2, 0.25) is 11.8 Å². The van der Waals surface area contributed by atoms with Gasteiger partial charge in [-0.3, -0.25) is 4.79 Å². The zero-order valence-corrected chi connectivity index (χ0v) is 13.4. The molecule has 1 amide bonds. The zero-order valence-electron chi connectivity index (χ0n) is 13.4. The van der Waals surface area contributed by atoms with E-state index in [1.807, 2.05) is 54.3 Å². The summed E-state index contributed by atoms with van der Waals surface area (Å²) >= 11 is 0. The van der Waals surface area contributed by atoms with Gasteiger partial charge in [0.1, 0.15) is 12.6 Å². The maximum Gasteiger partial charge on any atom is 0.240 e. The molecule has 0 saturated heterocycles. The van der Waals surface area contributed by atoms with E-state index in [1.54, 1.807) is 0 Å². The number of carbonyl (C=O) groups is 1. The highest BCUT2D eigenvalue weighted by Gasteiger charge is 2.23. The minimum atomic E-state index is 0.0748. The van der Waals surface area contributed by atoms with Crippen LogP contribution in [0.5, 0.6) is 5.88 Å². The SMILES string of the molecule is Cc1ccc(OC2CCC(NC(=O)Cn3cccc3)CC2)nc1. The van der Waals surface area contributed by atoms with Gasteiger partial charge in [-0.1, -0.05) is 6.07 Å². The van der Waals surface area contributed by atoms with E-state index in [2.05, 4.69) is 10.3 Å². The molecule has 2 heterocycles. The fraction of sp³-hybridized carbons (Fsp3) is 0.444. The molecule has 122 valence electrons. The van der Waals surface area contributed by atoms with Crippen molar-refractivity contribution in [1.29, 1.82) is 0 Å². The Balaban J connectivity index is 1.41. The molecular formula is C18H23N3O2. The number of hydrogen-bond donors (Lipinski definition) is 1. The molecule has 1 aliphatic carbocycles. The van der Waals surface area contributed by atoms with E-state index in [0.717, 1.165) is 31.2 Å². The predicted octanol–water partition coefficient (Wildman–Crippen LogP) is 2.70. The highest BCUT2D eigenvalue weighted by Crippen LogP contribution is 2.23. The van der Waals surface area contributed by atoms with Crippen molar-refractivity contribution in [1.82, 2.24) is 14.9 Å². The summed E-state index contributed by atoms with van der Waals surface area (Å²) in [7, 11) is 0. The Morgan fingerprint density at radius 2 is 2.00 bits per heavy atom. The average Bonchev–Trinajstić information content (AvgIpc) is 3.04. The lowest BCUT2D eigenvalue weighted by molar-refractivity contribution is -0.122. The molecule has 1 fully saturated rings. The van der Waals surface area contributed by atoms with Gasteiger partial charge in [-0.05, 0) is 50.3 Å². The Bertz CT molecular complexity index is 614. The fourth-order valence-electron chi connectivity index (χ4n) is 2.93. The smallest absolute Gasteiger partial charge is 0.240 e. The summed E-state index contributed by atoms with van der Waals surface area (Å²) in [6, 6.07) is 8.03. The normalized spacial score (nSPS) is 20.9. The third-order valence-corrected chi connectivity index (χ3v) is 4.20. The molecule has 23 heavy (non-hydrogen) atoms. The lowest BCUT2D eigenvalue weighted by atomic mass is 9.93. The summed E-state index contributed by atoms with van der Waals surface area (Å²) in [4.78, 5) is 16.3. The van der Waals surface area contributed by atoms with Crippen LogP contribution < -0.4 is 10.1 Å². The first kappa shape index (κ1) is 15.6. The predicted molar refractivity (Wildman–Crippen MR) is 88.2 cm³/mol. The molecule has 0 unspecified atom stereocenters. The van der Waals surface area contributed by atoms with Gasteiger partial charge in [0.25, 0.3) is 0 Å². The Morgan fingerprint density at radius 3 is 2.65 bits per heavy atom. The number of nitrogens with zero attached hydrogens (tertiary/aromatic N) is 2.